The van der Waals surface area contributed by atoms with E-state index in [1.54, 1.807) is 7.11 Å². The monoisotopic (exact) mass is 459 g/mol. The Bertz CT molecular complexity index is 1300. The van der Waals surface area contributed by atoms with Gasteiger partial charge in [-0.15, -0.1) is 0 Å². The maximum atomic E-state index is 13.3. The summed E-state index contributed by atoms with van der Waals surface area (Å²) < 4.78 is 15.8. The van der Waals surface area contributed by atoms with E-state index in [-0.39, 0.29) is 25.2 Å². The molecule has 2 heterocycles. The Balaban J connectivity index is 1.46. The number of fused-ring (bicyclic) bond motifs is 3. The minimum absolute atomic E-state index is 0.103. The van der Waals surface area contributed by atoms with Gasteiger partial charge in [0, 0.05) is 19.0 Å². The lowest BCUT2D eigenvalue weighted by Gasteiger charge is -2.13. The van der Waals surface area contributed by atoms with Gasteiger partial charge in [0.2, 0.25) is 12.7 Å². The van der Waals surface area contributed by atoms with Gasteiger partial charge in [0.05, 0.1) is 29.9 Å². The summed E-state index contributed by atoms with van der Waals surface area (Å²) in [5.74, 6) is 0.927. The predicted molar refractivity (Wildman–Crippen MR) is 128 cm³/mol. The van der Waals surface area contributed by atoms with Gasteiger partial charge in [0.25, 0.3) is 5.91 Å². The zero-order valence-corrected chi connectivity index (χ0v) is 18.8. The molecule has 2 aliphatic rings. The van der Waals surface area contributed by atoms with Crippen molar-refractivity contribution in [2.45, 2.75) is 12.8 Å². The number of allylic oxidation sites excluding steroid dienone is 1. The Labute approximate surface area is 196 Å². The SMILES string of the molecule is COCCNC(=O)CNC(=O)c1c2c(nc3ccccc13)C(=Cc1ccc3c(c1)OCO3)CC2. The van der Waals surface area contributed by atoms with Gasteiger partial charge in [0.1, 0.15) is 0 Å². The van der Waals surface area contributed by atoms with Gasteiger partial charge < -0.3 is 24.8 Å². The van der Waals surface area contributed by atoms with E-state index in [9.17, 15) is 9.59 Å². The van der Waals surface area contributed by atoms with Crippen LogP contribution in [-0.2, 0) is 16.0 Å². The Hall–Kier alpha value is -3.91. The molecule has 2 N–H and O–H groups in total. The molecule has 5 rings (SSSR count). The second-order valence-electron chi connectivity index (χ2n) is 8.14. The van der Waals surface area contributed by atoms with Crippen molar-refractivity contribution in [3.8, 4) is 11.5 Å². The van der Waals surface area contributed by atoms with E-state index < -0.39 is 0 Å². The molecule has 34 heavy (non-hydrogen) atoms. The topological polar surface area (TPSA) is 98.8 Å². The normalized spacial score (nSPS) is 14.9. The number of carbonyl (C=O) groups is 2. The first-order valence-corrected chi connectivity index (χ1v) is 11.2. The number of methoxy groups -OCH3 is 1. The number of aromatic nitrogens is 1. The summed E-state index contributed by atoms with van der Waals surface area (Å²) >= 11 is 0. The average Bonchev–Trinajstić information content (AvgIpc) is 3.48. The summed E-state index contributed by atoms with van der Waals surface area (Å²) in [5.41, 5.74) is 5.11. The third kappa shape index (κ3) is 4.32. The Morgan fingerprint density at radius 3 is 2.82 bits per heavy atom. The van der Waals surface area contributed by atoms with Crippen LogP contribution >= 0.6 is 0 Å². The lowest BCUT2D eigenvalue weighted by Crippen LogP contribution is -2.38. The number of ether oxygens (including phenoxy) is 3. The minimum Gasteiger partial charge on any atom is -0.454 e. The van der Waals surface area contributed by atoms with Crippen LogP contribution in [0.5, 0.6) is 11.5 Å². The molecule has 2 aromatic carbocycles. The molecule has 2 amide bonds. The van der Waals surface area contributed by atoms with Gasteiger partial charge in [-0.05, 0) is 53.8 Å². The molecule has 0 bridgehead atoms. The van der Waals surface area contributed by atoms with Crippen LogP contribution in [0.15, 0.2) is 42.5 Å². The third-order valence-corrected chi connectivity index (χ3v) is 5.94. The number of nitrogens with zero attached hydrogens (tertiary/aromatic N) is 1. The first-order chi connectivity index (χ1) is 16.6. The average molecular weight is 460 g/mol. The van der Waals surface area contributed by atoms with Crippen LogP contribution in [0.25, 0.3) is 22.6 Å². The van der Waals surface area contributed by atoms with Gasteiger partial charge in [-0.3, -0.25) is 9.59 Å². The molecule has 1 aliphatic heterocycles. The van der Waals surface area contributed by atoms with Crippen LogP contribution in [0, 0.1) is 0 Å². The van der Waals surface area contributed by atoms with Gasteiger partial charge in [-0.25, -0.2) is 4.98 Å². The Morgan fingerprint density at radius 2 is 1.94 bits per heavy atom. The van der Waals surface area contributed by atoms with Crippen molar-refractivity contribution in [2.75, 3.05) is 33.6 Å². The number of para-hydroxylation sites is 1. The zero-order valence-electron chi connectivity index (χ0n) is 18.8. The molecule has 0 saturated carbocycles. The molecule has 8 heteroatoms. The maximum absolute atomic E-state index is 13.3. The molecule has 3 aromatic rings. The molecule has 0 fully saturated rings. The van der Waals surface area contributed by atoms with E-state index >= 15 is 0 Å². The summed E-state index contributed by atoms with van der Waals surface area (Å²) in [6.07, 6.45) is 3.55. The van der Waals surface area contributed by atoms with Gasteiger partial charge >= 0.3 is 0 Å². The molecule has 174 valence electrons. The fourth-order valence-electron chi connectivity index (χ4n) is 4.35. The second-order valence-corrected chi connectivity index (χ2v) is 8.14. The van der Waals surface area contributed by atoms with Crippen molar-refractivity contribution in [2.24, 2.45) is 0 Å². The highest BCUT2D eigenvalue weighted by Gasteiger charge is 2.27. The number of hydrogen-bond donors (Lipinski definition) is 2. The number of nitrogens with one attached hydrogen (secondary N) is 2. The van der Waals surface area contributed by atoms with E-state index in [0.717, 1.165) is 51.2 Å². The fourth-order valence-corrected chi connectivity index (χ4v) is 4.35. The largest absolute Gasteiger partial charge is 0.454 e. The molecule has 0 saturated heterocycles. The predicted octanol–water partition coefficient (Wildman–Crippen LogP) is 2.94. The van der Waals surface area contributed by atoms with Crippen molar-refractivity contribution in [3.05, 3.63) is 64.8 Å². The van der Waals surface area contributed by atoms with Crippen LogP contribution in [0.1, 0.15) is 33.6 Å². The van der Waals surface area contributed by atoms with Crippen molar-refractivity contribution >= 4 is 34.4 Å². The van der Waals surface area contributed by atoms with E-state index in [4.69, 9.17) is 19.2 Å². The molecular weight excluding hydrogens is 434 g/mol. The Kier molecular flexibility index (Phi) is 6.14. The Morgan fingerprint density at radius 1 is 1.09 bits per heavy atom. The van der Waals surface area contributed by atoms with Gasteiger partial charge in [-0.2, -0.15) is 0 Å². The number of pyridine rings is 1. The summed E-state index contributed by atoms with van der Waals surface area (Å²) in [5, 5.41) is 6.26. The molecule has 1 aromatic heterocycles. The molecule has 0 radical (unpaired) electrons. The maximum Gasteiger partial charge on any atom is 0.252 e. The van der Waals surface area contributed by atoms with Crippen LogP contribution in [0.2, 0.25) is 0 Å². The molecular formula is C26H25N3O5. The van der Waals surface area contributed by atoms with Crippen molar-refractivity contribution < 1.29 is 23.8 Å². The van der Waals surface area contributed by atoms with Gasteiger partial charge in [0.15, 0.2) is 11.5 Å². The van der Waals surface area contributed by atoms with E-state index in [1.807, 2.05) is 42.5 Å². The number of carbonyl (C=O) groups excluding carboxylic acids is 2. The smallest absolute Gasteiger partial charge is 0.252 e. The quantitative estimate of drug-likeness (QED) is 0.527. The van der Waals surface area contributed by atoms with Crippen molar-refractivity contribution in [1.29, 1.82) is 0 Å². The lowest BCUT2D eigenvalue weighted by molar-refractivity contribution is -0.120. The summed E-state index contributed by atoms with van der Waals surface area (Å²) in [6.45, 7) is 0.940. The van der Waals surface area contributed by atoms with Crippen LogP contribution in [0.3, 0.4) is 0 Å². The first-order valence-electron chi connectivity index (χ1n) is 11.2. The summed E-state index contributed by atoms with van der Waals surface area (Å²) in [4.78, 5) is 30.2. The van der Waals surface area contributed by atoms with Gasteiger partial charge in [-0.1, -0.05) is 24.3 Å². The van der Waals surface area contributed by atoms with E-state index in [0.29, 0.717) is 25.1 Å². The van der Waals surface area contributed by atoms with Crippen LogP contribution in [0.4, 0.5) is 0 Å². The minimum atomic E-state index is -0.277. The number of rotatable bonds is 7. The highest BCUT2D eigenvalue weighted by atomic mass is 16.7. The number of amides is 2. The second kappa shape index (κ2) is 9.52. The standard InChI is InChI=1S/C26H25N3O5/c1-32-11-10-27-23(30)14-28-26(31)24-18-4-2-3-5-20(18)29-25-17(7-8-19(24)25)12-16-6-9-21-22(13-16)34-15-33-21/h2-6,9,12-13H,7-8,10-11,14-15H2,1H3,(H,27,30)(H,28,31). The number of benzene rings is 2. The first kappa shape index (κ1) is 21.9. The molecule has 0 unspecified atom stereocenters. The van der Waals surface area contributed by atoms with Crippen LogP contribution < -0.4 is 20.1 Å². The molecule has 1 aliphatic carbocycles. The summed E-state index contributed by atoms with van der Waals surface area (Å²) in [7, 11) is 1.57. The highest BCUT2D eigenvalue weighted by molar-refractivity contribution is 6.10. The zero-order chi connectivity index (χ0) is 23.5. The molecule has 0 spiro atoms. The van der Waals surface area contributed by atoms with Crippen LogP contribution in [-0.4, -0.2) is 50.4 Å². The number of hydrogen-bond acceptors (Lipinski definition) is 6. The van der Waals surface area contributed by atoms with E-state index in [2.05, 4.69) is 16.7 Å². The lowest BCUT2D eigenvalue weighted by atomic mass is 10.00. The fraction of sp³-hybridized carbons (Fsp3) is 0.269. The molecule has 0 atom stereocenters. The van der Waals surface area contributed by atoms with Crippen molar-refractivity contribution in [1.82, 2.24) is 15.6 Å². The van der Waals surface area contributed by atoms with Crippen molar-refractivity contribution in [3.63, 3.8) is 0 Å². The van der Waals surface area contributed by atoms with E-state index in [1.165, 1.54) is 0 Å². The summed E-state index contributed by atoms with van der Waals surface area (Å²) in [6, 6.07) is 13.4. The molecule has 8 nitrogen and oxygen atoms in total. The third-order valence-electron chi connectivity index (χ3n) is 5.94. The highest BCUT2D eigenvalue weighted by Crippen LogP contribution is 2.39.